The SMILES string of the molecule is NC[C@@H](CO)[C@H]1CCOC1. The Hall–Kier alpha value is -0.120. The van der Waals surface area contributed by atoms with Crippen LogP contribution in [0.15, 0.2) is 0 Å². The molecule has 1 aliphatic rings. The van der Waals surface area contributed by atoms with Crippen LogP contribution < -0.4 is 5.73 Å². The normalized spacial score (nSPS) is 28.8. The highest BCUT2D eigenvalue weighted by Crippen LogP contribution is 2.20. The maximum absolute atomic E-state index is 8.85. The van der Waals surface area contributed by atoms with Crippen LogP contribution in [-0.2, 0) is 4.74 Å². The highest BCUT2D eigenvalue weighted by Gasteiger charge is 2.23. The van der Waals surface area contributed by atoms with E-state index in [0.29, 0.717) is 12.5 Å². The Bertz CT molecular complexity index is 87.6. The lowest BCUT2D eigenvalue weighted by atomic mass is 9.93. The van der Waals surface area contributed by atoms with E-state index in [4.69, 9.17) is 15.6 Å². The van der Waals surface area contributed by atoms with Crippen LogP contribution in [0.3, 0.4) is 0 Å². The smallest absolute Gasteiger partial charge is 0.0499 e. The summed E-state index contributed by atoms with van der Waals surface area (Å²) in [5, 5.41) is 8.85. The maximum atomic E-state index is 8.85. The van der Waals surface area contributed by atoms with E-state index in [0.717, 1.165) is 19.6 Å². The van der Waals surface area contributed by atoms with E-state index in [-0.39, 0.29) is 12.5 Å². The molecular weight excluding hydrogens is 130 g/mol. The predicted molar refractivity (Wildman–Crippen MR) is 38.6 cm³/mol. The van der Waals surface area contributed by atoms with E-state index in [1.165, 1.54) is 0 Å². The molecular formula is C7H15NO2. The first-order valence-corrected chi connectivity index (χ1v) is 3.77. The Balaban J connectivity index is 2.29. The van der Waals surface area contributed by atoms with E-state index in [9.17, 15) is 0 Å². The van der Waals surface area contributed by atoms with Crippen molar-refractivity contribution in [3.8, 4) is 0 Å². The Kier molecular flexibility index (Phi) is 3.12. The van der Waals surface area contributed by atoms with Gasteiger partial charge in [-0.25, -0.2) is 0 Å². The van der Waals surface area contributed by atoms with Crippen molar-refractivity contribution in [2.75, 3.05) is 26.4 Å². The predicted octanol–water partition coefficient (Wildman–Crippen LogP) is -0.410. The number of aliphatic hydroxyl groups is 1. The molecule has 2 atom stereocenters. The quantitative estimate of drug-likeness (QED) is 0.567. The van der Waals surface area contributed by atoms with Crippen LogP contribution in [0.5, 0.6) is 0 Å². The van der Waals surface area contributed by atoms with Crippen molar-refractivity contribution in [3.63, 3.8) is 0 Å². The Morgan fingerprint density at radius 2 is 2.50 bits per heavy atom. The summed E-state index contributed by atoms with van der Waals surface area (Å²) < 4.78 is 5.18. The molecule has 1 heterocycles. The molecule has 0 bridgehead atoms. The topological polar surface area (TPSA) is 55.5 Å². The van der Waals surface area contributed by atoms with Gasteiger partial charge >= 0.3 is 0 Å². The molecule has 1 fully saturated rings. The van der Waals surface area contributed by atoms with Gasteiger partial charge in [-0.3, -0.25) is 0 Å². The van der Waals surface area contributed by atoms with E-state index in [1.54, 1.807) is 0 Å². The molecule has 0 aliphatic carbocycles. The summed E-state index contributed by atoms with van der Waals surface area (Å²) in [6.45, 7) is 2.39. The zero-order valence-corrected chi connectivity index (χ0v) is 6.12. The summed E-state index contributed by atoms with van der Waals surface area (Å²) in [6, 6.07) is 0. The molecule has 60 valence electrons. The summed E-state index contributed by atoms with van der Waals surface area (Å²) in [6.07, 6.45) is 1.06. The van der Waals surface area contributed by atoms with Crippen molar-refractivity contribution in [3.05, 3.63) is 0 Å². The number of nitrogens with two attached hydrogens (primary N) is 1. The monoisotopic (exact) mass is 145 g/mol. The zero-order valence-electron chi connectivity index (χ0n) is 6.12. The van der Waals surface area contributed by atoms with Gasteiger partial charge in [-0.1, -0.05) is 0 Å². The number of hydrogen-bond donors (Lipinski definition) is 2. The van der Waals surface area contributed by atoms with E-state index in [1.807, 2.05) is 0 Å². The molecule has 0 radical (unpaired) electrons. The number of ether oxygens (including phenoxy) is 1. The van der Waals surface area contributed by atoms with Gasteiger partial charge in [-0.2, -0.15) is 0 Å². The average Bonchev–Trinajstić information content (AvgIpc) is 2.43. The summed E-state index contributed by atoms with van der Waals surface area (Å²) in [7, 11) is 0. The van der Waals surface area contributed by atoms with Crippen LogP contribution in [0.2, 0.25) is 0 Å². The van der Waals surface area contributed by atoms with Gasteiger partial charge in [0, 0.05) is 19.8 Å². The fourth-order valence-corrected chi connectivity index (χ4v) is 1.34. The van der Waals surface area contributed by atoms with Gasteiger partial charge in [0.2, 0.25) is 0 Å². The van der Waals surface area contributed by atoms with Crippen molar-refractivity contribution in [1.82, 2.24) is 0 Å². The van der Waals surface area contributed by atoms with Crippen LogP contribution in [0.25, 0.3) is 0 Å². The highest BCUT2D eigenvalue weighted by molar-refractivity contribution is 4.73. The van der Waals surface area contributed by atoms with Crippen molar-refractivity contribution < 1.29 is 9.84 Å². The molecule has 0 spiro atoms. The minimum absolute atomic E-state index is 0.199. The first-order valence-electron chi connectivity index (χ1n) is 3.77. The molecule has 1 rings (SSSR count). The van der Waals surface area contributed by atoms with Gasteiger partial charge in [-0.05, 0) is 24.8 Å². The van der Waals surface area contributed by atoms with Crippen LogP contribution in [0, 0.1) is 11.8 Å². The fraction of sp³-hybridized carbons (Fsp3) is 1.00. The van der Waals surface area contributed by atoms with Crippen molar-refractivity contribution in [2.24, 2.45) is 17.6 Å². The van der Waals surface area contributed by atoms with Crippen LogP contribution in [0.1, 0.15) is 6.42 Å². The van der Waals surface area contributed by atoms with Crippen molar-refractivity contribution >= 4 is 0 Å². The minimum atomic E-state index is 0.199. The number of aliphatic hydroxyl groups excluding tert-OH is 1. The molecule has 3 nitrogen and oxygen atoms in total. The third-order valence-electron chi connectivity index (χ3n) is 2.17. The Morgan fingerprint density at radius 3 is 2.90 bits per heavy atom. The lowest BCUT2D eigenvalue weighted by molar-refractivity contribution is 0.143. The second-order valence-corrected chi connectivity index (χ2v) is 2.80. The molecule has 3 N–H and O–H groups in total. The van der Waals surface area contributed by atoms with Gasteiger partial charge < -0.3 is 15.6 Å². The summed E-state index contributed by atoms with van der Waals surface area (Å²) in [5.74, 6) is 0.748. The minimum Gasteiger partial charge on any atom is -0.396 e. The van der Waals surface area contributed by atoms with Gasteiger partial charge in [-0.15, -0.1) is 0 Å². The van der Waals surface area contributed by atoms with Crippen LogP contribution in [-0.4, -0.2) is 31.5 Å². The first kappa shape index (κ1) is 7.98. The summed E-state index contributed by atoms with van der Waals surface area (Å²) in [5.41, 5.74) is 5.45. The van der Waals surface area contributed by atoms with Crippen LogP contribution >= 0.6 is 0 Å². The summed E-state index contributed by atoms with van der Waals surface area (Å²) in [4.78, 5) is 0. The molecule has 0 unspecified atom stereocenters. The lowest BCUT2D eigenvalue weighted by Gasteiger charge is -2.16. The fourth-order valence-electron chi connectivity index (χ4n) is 1.34. The van der Waals surface area contributed by atoms with Crippen LogP contribution in [0.4, 0.5) is 0 Å². The first-order chi connectivity index (χ1) is 4.88. The lowest BCUT2D eigenvalue weighted by Crippen LogP contribution is -2.26. The third-order valence-corrected chi connectivity index (χ3v) is 2.17. The van der Waals surface area contributed by atoms with E-state index < -0.39 is 0 Å². The van der Waals surface area contributed by atoms with Gasteiger partial charge in [0.1, 0.15) is 0 Å². The summed E-state index contributed by atoms with van der Waals surface area (Å²) >= 11 is 0. The molecule has 0 aromatic rings. The molecule has 1 saturated heterocycles. The Morgan fingerprint density at radius 1 is 1.70 bits per heavy atom. The van der Waals surface area contributed by atoms with Gasteiger partial charge in [0.25, 0.3) is 0 Å². The van der Waals surface area contributed by atoms with Crippen molar-refractivity contribution in [1.29, 1.82) is 0 Å². The van der Waals surface area contributed by atoms with E-state index >= 15 is 0 Å². The van der Waals surface area contributed by atoms with Gasteiger partial charge in [0.15, 0.2) is 0 Å². The number of rotatable bonds is 3. The zero-order chi connectivity index (χ0) is 7.40. The molecule has 3 heteroatoms. The second kappa shape index (κ2) is 3.91. The molecule has 0 aromatic carbocycles. The highest BCUT2D eigenvalue weighted by atomic mass is 16.5. The molecule has 10 heavy (non-hydrogen) atoms. The molecule has 0 aromatic heterocycles. The molecule has 1 aliphatic heterocycles. The maximum Gasteiger partial charge on any atom is 0.0499 e. The average molecular weight is 145 g/mol. The molecule has 0 amide bonds. The largest absolute Gasteiger partial charge is 0.396 e. The Labute approximate surface area is 61.2 Å². The van der Waals surface area contributed by atoms with Crippen molar-refractivity contribution in [2.45, 2.75) is 6.42 Å². The van der Waals surface area contributed by atoms with Gasteiger partial charge in [0.05, 0.1) is 0 Å². The standard InChI is InChI=1S/C7H15NO2/c8-3-7(4-9)6-1-2-10-5-6/h6-7,9H,1-5,8H2/t6-,7-/m0/s1. The third kappa shape index (κ3) is 1.68. The number of hydrogen-bond acceptors (Lipinski definition) is 3. The molecule has 0 saturated carbocycles. The van der Waals surface area contributed by atoms with E-state index in [2.05, 4.69) is 0 Å². The second-order valence-electron chi connectivity index (χ2n) is 2.80.